The summed E-state index contributed by atoms with van der Waals surface area (Å²) in [6.07, 6.45) is 1.38. The van der Waals surface area contributed by atoms with Crippen LogP contribution >= 0.6 is 24.0 Å². The third-order valence-corrected chi connectivity index (χ3v) is 5.61. The standard InChI is InChI=1S/C20H15FN2O5S2/c1-10(17(25)22-12-6-7-13(19(27)28)15(24)9-12)23-18(26)16(30-20(23)29)8-11-4-2-3-5-14(11)21/h2-10,24H,1H3,(H,22,25)(H,27,28)/b16-8-. The highest BCUT2D eigenvalue weighted by Crippen LogP contribution is 2.34. The van der Waals surface area contributed by atoms with Gasteiger partial charge in [0.05, 0.1) is 4.91 Å². The van der Waals surface area contributed by atoms with Crippen molar-refractivity contribution in [3.8, 4) is 5.75 Å². The second kappa shape index (κ2) is 8.64. The zero-order valence-corrected chi connectivity index (χ0v) is 17.1. The fourth-order valence-electron chi connectivity index (χ4n) is 2.70. The van der Waals surface area contributed by atoms with Gasteiger partial charge in [0.2, 0.25) is 5.91 Å². The lowest BCUT2D eigenvalue weighted by molar-refractivity contribution is -0.129. The molecule has 2 aromatic rings. The van der Waals surface area contributed by atoms with Gasteiger partial charge in [-0.05, 0) is 31.2 Å². The molecule has 1 fully saturated rings. The van der Waals surface area contributed by atoms with Gasteiger partial charge in [-0.2, -0.15) is 0 Å². The van der Waals surface area contributed by atoms with Crippen LogP contribution in [0.3, 0.4) is 0 Å². The van der Waals surface area contributed by atoms with Crippen molar-refractivity contribution < 1.29 is 29.0 Å². The van der Waals surface area contributed by atoms with Gasteiger partial charge in [0.25, 0.3) is 5.91 Å². The zero-order valence-electron chi connectivity index (χ0n) is 15.5. The Morgan fingerprint density at radius 1 is 1.27 bits per heavy atom. The number of carbonyl (C=O) groups excluding carboxylic acids is 2. The van der Waals surface area contributed by atoms with Crippen molar-refractivity contribution >= 4 is 57.8 Å². The summed E-state index contributed by atoms with van der Waals surface area (Å²) in [7, 11) is 0. The van der Waals surface area contributed by atoms with E-state index in [0.29, 0.717) is 0 Å². The molecule has 1 atom stereocenters. The fourth-order valence-corrected chi connectivity index (χ4v) is 4.11. The number of thiocarbonyl (C=S) groups is 1. The van der Waals surface area contributed by atoms with Crippen molar-refractivity contribution in [2.75, 3.05) is 5.32 Å². The number of thioether (sulfide) groups is 1. The number of benzene rings is 2. The lowest BCUT2D eigenvalue weighted by Gasteiger charge is -2.22. The number of amides is 2. The molecule has 2 aromatic carbocycles. The van der Waals surface area contributed by atoms with E-state index in [0.717, 1.165) is 28.8 Å². The van der Waals surface area contributed by atoms with Gasteiger partial charge < -0.3 is 15.5 Å². The number of anilines is 1. The van der Waals surface area contributed by atoms with Crippen LogP contribution < -0.4 is 5.32 Å². The number of halogens is 1. The fraction of sp³-hybridized carbons (Fsp3) is 0.100. The number of carboxylic acids is 1. The number of hydrogen-bond donors (Lipinski definition) is 3. The predicted octanol–water partition coefficient (Wildman–Crippen LogP) is 3.46. The van der Waals surface area contributed by atoms with Crippen LogP contribution in [-0.4, -0.2) is 43.3 Å². The smallest absolute Gasteiger partial charge is 0.339 e. The summed E-state index contributed by atoms with van der Waals surface area (Å²) in [6, 6.07) is 8.52. The molecule has 30 heavy (non-hydrogen) atoms. The molecule has 0 spiro atoms. The molecule has 0 saturated carbocycles. The zero-order chi connectivity index (χ0) is 22.0. The topological polar surface area (TPSA) is 107 Å². The molecular formula is C20H15FN2O5S2. The third-order valence-electron chi connectivity index (χ3n) is 4.28. The molecule has 10 heteroatoms. The minimum Gasteiger partial charge on any atom is -0.507 e. The van der Waals surface area contributed by atoms with Crippen LogP contribution in [0.2, 0.25) is 0 Å². The maximum Gasteiger partial charge on any atom is 0.339 e. The molecule has 7 nitrogen and oxygen atoms in total. The number of rotatable bonds is 5. The molecule has 1 aliphatic rings. The van der Waals surface area contributed by atoms with Crippen LogP contribution in [0.25, 0.3) is 6.08 Å². The van der Waals surface area contributed by atoms with Crippen LogP contribution in [0, 0.1) is 5.82 Å². The number of carboxylic acid groups (broad SMARTS) is 1. The first-order valence-corrected chi connectivity index (χ1v) is 9.80. The molecule has 1 saturated heterocycles. The average Bonchev–Trinajstić information content (AvgIpc) is 2.96. The van der Waals surface area contributed by atoms with Crippen LogP contribution in [-0.2, 0) is 9.59 Å². The maximum absolute atomic E-state index is 13.9. The minimum absolute atomic E-state index is 0.148. The van der Waals surface area contributed by atoms with Gasteiger partial charge in [-0.15, -0.1) is 0 Å². The quantitative estimate of drug-likeness (QED) is 0.477. The van der Waals surface area contributed by atoms with E-state index in [1.54, 1.807) is 6.07 Å². The number of hydrogen-bond acceptors (Lipinski definition) is 6. The second-order valence-corrected chi connectivity index (χ2v) is 7.95. The lowest BCUT2D eigenvalue weighted by atomic mass is 10.1. The summed E-state index contributed by atoms with van der Waals surface area (Å²) in [5, 5.41) is 21.2. The molecule has 0 aliphatic carbocycles. The van der Waals surface area contributed by atoms with Gasteiger partial charge in [-0.25, -0.2) is 9.18 Å². The summed E-state index contributed by atoms with van der Waals surface area (Å²) in [6.45, 7) is 1.47. The van der Waals surface area contributed by atoms with E-state index in [9.17, 15) is 23.9 Å². The molecule has 1 unspecified atom stereocenters. The molecule has 154 valence electrons. The number of aromatic carboxylic acids is 1. The van der Waals surface area contributed by atoms with E-state index in [1.165, 1.54) is 37.3 Å². The Morgan fingerprint density at radius 3 is 2.60 bits per heavy atom. The number of nitrogens with zero attached hydrogens (tertiary/aromatic N) is 1. The molecular weight excluding hydrogens is 431 g/mol. The molecule has 3 N–H and O–H groups in total. The maximum atomic E-state index is 13.9. The predicted molar refractivity (Wildman–Crippen MR) is 115 cm³/mol. The van der Waals surface area contributed by atoms with Crippen molar-refractivity contribution in [1.29, 1.82) is 0 Å². The first kappa shape index (κ1) is 21.5. The van der Waals surface area contributed by atoms with Crippen molar-refractivity contribution in [2.24, 2.45) is 0 Å². The van der Waals surface area contributed by atoms with Crippen LogP contribution in [0.15, 0.2) is 47.4 Å². The number of aromatic hydroxyl groups is 1. The van der Waals surface area contributed by atoms with Crippen molar-refractivity contribution in [3.63, 3.8) is 0 Å². The summed E-state index contributed by atoms with van der Waals surface area (Å²) in [5.41, 5.74) is 0.0714. The molecule has 1 aliphatic heterocycles. The largest absolute Gasteiger partial charge is 0.507 e. The summed E-state index contributed by atoms with van der Waals surface area (Å²) in [4.78, 5) is 37.6. The second-order valence-electron chi connectivity index (χ2n) is 6.28. The molecule has 3 rings (SSSR count). The summed E-state index contributed by atoms with van der Waals surface area (Å²) in [5.74, 6) is -3.43. The Morgan fingerprint density at radius 2 is 1.97 bits per heavy atom. The minimum atomic E-state index is -1.31. The monoisotopic (exact) mass is 446 g/mol. The summed E-state index contributed by atoms with van der Waals surface area (Å²) >= 11 is 6.18. The van der Waals surface area contributed by atoms with E-state index in [-0.39, 0.29) is 26.0 Å². The first-order valence-electron chi connectivity index (χ1n) is 8.58. The summed E-state index contributed by atoms with van der Waals surface area (Å²) < 4.78 is 14.0. The van der Waals surface area contributed by atoms with E-state index >= 15 is 0 Å². The Kier molecular flexibility index (Phi) is 6.18. The lowest BCUT2D eigenvalue weighted by Crippen LogP contribution is -2.44. The van der Waals surface area contributed by atoms with Gasteiger partial charge in [-0.1, -0.05) is 42.2 Å². The van der Waals surface area contributed by atoms with Crippen molar-refractivity contribution in [1.82, 2.24) is 4.90 Å². The van der Waals surface area contributed by atoms with Crippen LogP contribution in [0.5, 0.6) is 5.75 Å². The van der Waals surface area contributed by atoms with Gasteiger partial charge in [0.1, 0.15) is 27.5 Å². The van der Waals surface area contributed by atoms with Crippen LogP contribution in [0.1, 0.15) is 22.8 Å². The number of carbonyl (C=O) groups is 3. The molecule has 0 radical (unpaired) electrons. The SMILES string of the molecule is CC(C(=O)Nc1ccc(C(=O)O)c(O)c1)N1C(=O)/C(=C/c2ccccc2F)SC1=S. The third kappa shape index (κ3) is 4.34. The highest BCUT2D eigenvalue weighted by Gasteiger charge is 2.38. The van der Waals surface area contributed by atoms with Gasteiger partial charge >= 0.3 is 5.97 Å². The molecule has 0 aromatic heterocycles. The van der Waals surface area contributed by atoms with Crippen LogP contribution in [0.4, 0.5) is 10.1 Å². The normalized spacial score (nSPS) is 16.1. The molecule has 0 bridgehead atoms. The van der Waals surface area contributed by atoms with Crippen molar-refractivity contribution in [3.05, 3.63) is 64.3 Å². The van der Waals surface area contributed by atoms with E-state index < -0.39 is 35.4 Å². The van der Waals surface area contributed by atoms with E-state index in [4.69, 9.17) is 17.3 Å². The van der Waals surface area contributed by atoms with E-state index in [1.807, 2.05) is 0 Å². The van der Waals surface area contributed by atoms with Gasteiger partial charge in [0, 0.05) is 17.3 Å². The number of nitrogens with one attached hydrogen (secondary N) is 1. The van der Waals surface area contributed by atoms with Gasteiger partial charge in [0.15, 0.2) is 0 Å². The highest BCUT2D eigenvalue weighted by molar-refractivity contribution is 8.26. The van der Waals surface area contributed by atoms with Crippen molar-refractivity contribution in [2.45, 2.75) is 13.0 Å². The highest BCUT2D eigenvalue weighted by atomic mass is 32.2. The van der Waals surface area contributed by atoms with E-state index in [2.05, 4.69) is 5.32 Å². The Bertz CT molecular complexity index is 1100. The number of phenols is 1. The Labute approximate surface area is 180 Å². The Balaban J connectivity index is 1.77. The Hall–Kier alpha value is -3.24. The average molecular weight is 446 g/mol. The van der Waals surface area contributed by atoms with Gasteiger partial charge in [-0.3, -0.25) is 14.5 Å². The first-order chi connectivity index (χ1) is 14.2. The molecule has 2 amide bonds. The molecule has 1 heterocycles.